The second-order valence-electron chi connectivity index (χ2n) is 4.89. The maximum Gasteiger partial charge on any atom is 0.396 e. The summed E-state index contributed by atoms with van der Waals surface area (Å²) in [5, 5.41) is 2.57. The number of hydrogen-bond acceptors (Lipinski definition) is 4. The molecular formula is C15H20N2O3. The van der Waals surface area contributed by atoms with E-state index < -0.39 is 11.9 Å². The highest BCUT2D eigenvalue weighted by molar-refractivity contribution is 6.32. The van der Waals surface area contributed by atoms with E-state index >= 15 is 0 Å². The van der Waals surface area contributed by atoms with Gasteiger partial charge in [-0.3, -0.25) is 4.79 Å². The number of aryl methyl sites for hydroxylation is 1. The highest BCUT2D eigenvalue weighted by atomic mass is 16.5. The average Bonchev–Trinajstić information content (AvgIpc) is 2.45. The number of fused-ring (bicyclic) bond motifs is 1. The molecule has 108 valence electrons. The molecule has 0 unspecified atom stereocenters. The smallest absolute Gasteiger partial charge is 0.396 e. The molecule has 0 saturated carbocycles. The molecule has 1 heterocycles. The third-order valence-corrected chi connectivity index (χ3v) is 3.41. The number of nitrogens with zero attached hydrogens (tertiary/aromatic N) is 1. The fourth-order valence-corrected chi connectivity index (χ4v) is 2.40. The van der Waals surface area contributed by atoms with E-state index in [0.717, 1.165) is 24.9 Å². The van der Waals surface area contributed by atoms with Crippen molar-refractivity contribution in [3.05, 3.63) is 29.3 Å². The summed E-state index contributed by atoms with van der Waals surface area (Å²) in [6.45, 7) is 3.29. The number of carbonyl (C=O) groups is 2. The number of carbonyl (C=O) groups excluding carboxylic acids is 2. The van der Waals surface area contributed by atoms with Crippen LogP contribution in [-0.4, -0.2) is 32.1 Å². The molecule has 0 radical (unpaired) electrons. The Hall–Kier alpha value is -2.04. The minimum Gasteiger partial charge on any atom is -0.459 e. The van der Waals surface area contributed by atoms with Crippen molar-refractivity contribution in [1.82, 2.24) is 5.32 Å². The normalized spacial score (nSPS) is 13.6. The van der Waals surface area contributed by atoms with Crippen molar-refractivity contribution in [1.29, 1.82) is 0 Å². The van der Waals surface area contributed by atoms with E-state index in [0.29, 0.717) is 6.54 Å². The number of anilines is 1. The second-order valence-corrected chi connectivity index (χ2v) is 4.89. The lowest BCUT2D eigenvalue weighted by Crippen LogP contribution is -2.32. The molecule has 1 aliphatic rings. The van der Waals surface area contributed by atoms with Crippen LogP contribution in [0, 0.1) is 0 Å². The Labute approximate surface area is 118 Å². The van der Waals surface area contributed by atoms with Crippen molar-refractivity contribution in [2.75, 3.05) is 25.1 Å². The summed E-state index contributed by atoms with van der Waals surface area (Å²) >= 11 is 0. The van der Waals surface area contributed by atoms with Crippen LogP contribution in [0.1, 0.15) is 24.5 Å². The number of hydrogen-bond donors (Lipinski definition) is 1. The van der Waals surface area contributed by atoms with Crippen LogP contribution in [0.3, 0.4) is 0 Å². The van der Waals surface area contributed by atoms with Crippen molar-refractivity contribution in [3.63, 3.8) is 0 Å². The van der Waals surface area contributed by atoms with E-state index in [1.54, 1.807) is 6.92 Å². The Bertz CT molecular complexity index is 514. The molecule has 1 amide bonds. The highest BCUT2D eigenvalue weighted by Crippen LogP contribution is 2.26. The predicted octanol–water partition coefficient (Wildman–Crippen LogP) is 1.25. The van der Waals surface area contributed by atoms with Gasteiger partial charge in [0, 0.05) is 25.8 Å². The molecule has 5 nitrogen and oxygen atoms in total. The molecule has 0 saturated heterocycles. The zero-order valence-corrected chi connectivity index (χ0v) is 11.9. The van der Waals surface area contributed by atoms with Crippen LogP contribution >= 0.6 is 0 Å². The molecule has 0 fully saturated rings. The predicted molar refractivity (Wildman–Crippen MR) is 76.5 cm³/mol. The molecule has 0 spiro atoms. The van der Waals surface area contributed by atoms with Gasteiger partial charge in [0.2, 0.25) is 0 Å². The van der Waals surface area contributed by atoms with Gasteiger partial charge < -0.3 is 15.0 Å². The van der Waals surface area contributed by atoms with E-state index in [4.69, 9.17) is 0 Å². The first-order valence-corrected chi connectivity index (χ1v) is 6.89. The van der Waals surface area contributed by atoms with Crippen LogP contribution in [0.25, 0.3) is 0 Å². The van der Waals surface area contributed by atoms with E-state index in [1.807, 2.05) is 6.07 Å². The quantitative estimate of drug-likeness (QED) is 0.667. The van der Waals surface area contributed by atoms with Gasteiger partial charge in [0.05, 0.1) is 6.61 Å². The van der Waals surface area contributed by atoms with Gasteiger partial charge in [-0.15, -0.1) is 0 Å². The Morgan fingerprint density at radius 2 is 2.20 bits per heavy atom. The van der Waals surface area contributed by atoms with E-state index in [1.165, 1.54) is 11.3 Å². The summed E-state index contributed by atoms with van der Waals surface area (Å²) < 4.78 is 4.64. The zero-order chi connectivity index (χ0) is 14.5. The van der Waals surface area contributed by atoms with Crippen molar-refractivity contribution in [3.8, 4) is 0 Å². The monoisotopic (exact) mass is 276 g/mol. The number of rotatable bonds is 3. The van der Waals surface area contributed by atoms with E-state index in [2.05, 4.69) is 34.1 Å². The van der Waals surface area contributed by atoms with Crippen LogP contribution in [0.4, 0.5) is 5.69 Å². The summed E-state index contributed by atoms with van der Waals surface area (Å²) in [6.07, 6.45) is 2.20. The minimum absolute atomic E-state index is 0.206. The van der Waals surface area contributed by atoms with Gasteiger partial charge in [-0.25, -0.2) is 4.79 Å². The summed E-state index contributed by atoms with van der Waals surface area (Å²) in [5.74, 6) is -1.52. The third kappa shape index (κ3) is 3.29. The van der Waals surface area contributed by atoms with Gasteiger partial charge in [-0.05, 0) is 37.0 Å². The lowest BCUT2D eigenvalue weighted by Gasteiger charge is -2.27. The van der Waals surface area contributed by atoms with E-state index in [9.17, 15) is 9.59 Å². The van der Waals surface area contributed by atoms with Gasteiger partial charge in [-0.2, -0.15) is 0 Å². The molecule has 5 heteroatoms. The summed E-state index contributed by atoms with van der Waals surface area (Å²) in [4.78, 5) is 24.9. The Kier molecular flexibility index (Phi) is 4.61. The molecule has 1 aliphatic heterocycles. The SMILES string of the molecule is CCOC(=O)C(=O)NCc1ccc2c(c1)CCCN2C. The lowest BCUT2D eigenvalue weighted by atomic mass is 9.99. The van der Waals surface area contributed by atoms with Gasteiger partial charge in [-0.1, -0.05) is 12.1 Å². The fraction of sp³-hybridized carbons (Fsp3) is 0.467. The molecule has 1 N–H and O–H groups in total. The van der Waals surface area contributed by atoms with E-state index in [-0.39, 0.29) is 6.61 Å². The summed E-state index contributed by atoms with van der Waals surface area (Å²) in [5.41, 5.74) is 3.54. The number of ether oxygens (including phenoxy) is 1. The third-order valence-electron chi connectivity index (χ3n) is 3.41. The van der Waals surface area contributed by atoms with Gasteiger partial charge in [0.25, 0.3) is 0 Å². The molecule has 2 rings (SSSR count). The van der Waals surface area contributed by atoms with Gasteiger partial charge in [0.1, 0.15) is 0 Å². The molecule has 0 aromatic heterocycles. The maximum absolute atomic E-state index is 11.5. The second kappa shape index (κ2) is 6.41. The van der Waals surface area contributed by atoms with Gasteiger partial charge in [0.15, 0.2) is 0 Å². The Morgan fingerprint density at radius 3 is 2.95 bits per heavy atom. The highest BCUT2D eigenvalue weighted by Gasteiger charge is 2.16. The topological polar surface area (TPSA) is 58.6 Å². The minimum atomic E-state index is -0.829. The molecular weight excluding hydrogens is 256 g/mol. The summed E-state index contributed by atoms with van der Waals surface area (Å²) in [7, 11) is 2.08. The van der Waals surface area contributed by atoms with Gasteiger partial charge >= 0.3 is 11.9 Å². The zero-order valence-electron chi connectivity index (χ0n) is 11.9. The molecule has 1 aromatic rings. The largest absolute Gasteiger partial charge is 0.459 e. The van der Waals surface area contributed by atoms with Crippen molar-refractivity contribution in [2.24, 2.45) is 0 Å². The number of nitrogens with one attached hydrogen (secondary N) is 1. The summed E-state index contributed by atoms with van der Waals surface area (Å²) in [6, 6.07) is 6.14. The fourth-order valence-electron chi connectivity index (χ4n) is 2.40. The average molecular weight is 276 g/mol. The molecule has 20 heavy (non-hydrogen) atoms. The lowest BCUT2D eigenvalue weighted by molar-refractivity contribution is -0.154. The van der Waals surface area contributed by atoms with Crippen LogP contribution in [0.5, 0.6) is 0 Å². The first kappa shape index (κ1) is 14.4. The standard InChI is InChI=1S/C15H20N2O3/c1-3-20-15(19)14(18)16-10-11-6-7-13-12(9-11)5-4-8-17(13)2/h6-7,9H,3-5,8,10H2,1-2H3,(H,16,18). The van der Waals surface area contributed by atoms with Crippen LogP contribution in [-0.2, 0) is 27.3 Å². The number of amides is 1. The number of benzene rings is 1. The molecule has 1 aromatic carbocycles. The molecule has 0 atom stereocenters. The Morgan fingerprint density at radius 1 is 1.40 bits per heavy atom. The first-order chi connectivity index (χ1) is 9.61. The molecule has 0 bridgehead atoms. The van der Waals surface area contributed by atoms with Crippen LogP contribution < -0.4 is 10.2 Å². The number of esters is 1. The van der Waals surface area contributed by atoms with Crippen molar-refractivity contribution < 1.29 is 14.3 Å². The first-order valence-electron chi connectivity index (χ1n) is 6.89. The Balaban J connectivity index is 1.97. The maximum atomic E-state index is 11.5. The molecule has 0 aliphatic carbocycles. The van der Waals surface area contributed by atoms with Crippen molar-refractivity contribution >= 4 is 17.6 Å². The van der Waals surface area contributed by atoms with Crippen LogP contribution in [0.15, 0.2) is 18.2 Å². The van der Waals surface area contributed by atoms with Crippen LogP contribution in [0.2, 0.25) is 0 Å². The van der Waals surface area contributed by atoms with Crippen molar-refractivity contribution in [2.45, 2.75) is 26.3 Å².